The second kappa shape index (κ2) is 6.73. The zero-order chi connectivity index (χ0) is 18.0. The molecule has 0 aliphatic carbocycles. The van der Waals surface area contributed by atoms with E-state index in [1.165, 1.54) is 17.6 Å². The molecule has 0 saturated carbocycles. The molecule has 0 unspecified atom stereocenters. The summed E-state index contributed by atoms with van der Waals surface area (Å²) in [6.07, 6.45) is 1.19. The van der Waals surface area contributed by atoms with Gasteiger partial charge >= 0.3 is 5.97 Å². The van der Waals surface area contributed by atoms with Gasteiger partial charge < -0.3 is 26.9 Å². The van der Waals surface area contributed by atoms with Crippen molar-refractivity contribution in [2.45, 2.75) is 6.92 Å². The predicted molar refractivity (Wildman–Crippen MR) is 99.8 cm³/mol. The van der Waals surface area contributed by atoms with E-state index in [1.807, 2.05) is 0 Å². The van der Waals surface area contributed by atoms with Gasteiger partial charge in [-0.3, -0.25) is 0 Å². The zero-order valence-electron chi connectivity index (χ0n) is 13.4. The number of nitrogens with two attached hydrogens (primary N) is 2. The van der Waals surface area contributed by atoms with Crippen molar-refractivity contribution in [2.24, 2.45) is 0 Å². The number of hydrogen-bond acceptors (Lipinski definition) is 9. The van der Waals surface area contributed by atoms with Gasteiger partial charge in [-0.05, 0) is 31.2 Å². The van der Waals surface area contributed by atoms with Crippen LogP contribution in [0.5, 0.6) is 0 Å². The molecule has 0 fully saturated rings. The molecular formula is C16H16N6O2S. The van der Waals surface area contributed by atoms with E-state index in [1.54, 1.807) is 31.2 Å². The summed E-state index contributed by atoms with van der Waals surface area (Å²) in [6.45, 7) is 2.04. The number of rotatable bonds is 5. The molecule has 0 amide bonds. The van der Waals surface area contributed by atoms with Gasteiger partial charge in [-0.2, -0.15) is 4.98 Å². The Morgan fingerprint density at radius 3 is 2.84 bits per heavy atom. The Hall–Kier alpha value is -3.20. The van der Waals surface area contributed by atoms with Crippen molar-refractivity contribution in [3.63, 3.8) is 0 Å². The number of nitrogens with one attached hydrogen (secondary N) is 2. The summed E-state index contributed by atoms with van der Waals surface area (Å²) >= 11 is 1.19. The molecule has 0 spiro atoms. The maximum atomic E-state index is 11.9. The Morgan fingerprint density at radius 1 is 1.36 bits per heavy atom. The number of anilines is 4. The highest BCUT2D eigenvalue weighted by molar-refractivity contribution is 7.20. The topological polar surface area (TPSA) is 140 Å². The Bertz CT molecular complexity index is 969. The Kier molecular flexibility index (Phi) is 4.48. The minimum atomic E-state index is -0.408. The molecule has 3 aromatic rings. The molecule has 128 valence electrons. The van der Waals surface area contributed by atoms with Crippen LogP contribution in [-0.2, 0) is 4.74 Å². The maximum absolute atomic E-state index is 11.9. The fourth-order valence-corrected chi connectivity index (χ4v) is 3.19. The van der Waals surface area contributed by atoms with Crippen molar-refractivity contribution < 1.29 is 9.53 Å². The molecule has 0 bridgehead atoms. The van der Waals surface area contributed by atoms with Crippen molar-refractivity contribution in [3.8, 4) is 0 Å². The van der Waals surface area contributed by atoms with E-state index in [4.69, 9.17) is 21.6 Å². The van der Waals surface area contributed by atoms with Crippen LogP contribution in [0.15, 0.2) is 24.3 Å². The van der Waals surface area contributed by atoms with E-state index in [-0.39, 0.29) is 5.95 Å². The first-order valence-electron chi connectivity index (χ1n) is 7.43. The van der Waals surface area contributed by atoms with Crippen LogP contribution in [0.2, 0.25) is 0 Å². The number of ether oxygens (including phenoxy) is 1. The highest BCUT2D eigenvalue weighted by Crippen LogP contribution is 2.32. The monoisotopic (exact) mass is 356 g/mol. The van der Waals surface area contributed by atoms with Crippen LogP contribution in [0, 0.1) is 5.41 Å². The molecule has 0 aliphatic heterocycles. The molecule has 2 aromatic heterocycles. The lowest BCUT2D eigenvalue weighted by Gasteiger charge is -2.09. The van der Waals surface area contributed by atoms with E-state index in [0.717, 1.165) is 0 Å². The number of benzene rings is 1. The number of hydrogen-bond donors (Lipinski definition) is 4. The first kappa shape index (κ1) is 16.7. The Labute approximate surface area is 147 Å². The van der Waals surface area contributed by atoms with Crippen LogP contribution in [0.4, 0.5) is 23.1 Å². The van der Waals surface area contributed by atoms with E-state index in [0.29, 0.717) is 44.5 Å². The van der Waals surface area contributed by atoms with E-state index in [9.17, 15) is 4.79 Å². The highest BCUT2D eigenvalue weighted by Gasteiger charge is 2.16. The van der Waals surface area contributed by atoms with Crippen molar-refractivity contribution in [3.05, 3.63) is 34.7 Å². The van der Waals surface area contributed by atoms with Crippen LogP contribution < -0.4 is 16.8 Å². The van der Waals surface area contributed by atoms with Gasteiger partial charge in [0.2, 0.25) is 5.95 Å². The molecule has 6 N–H and O–H groups in total. The van der Waals surface area contributed by atoms with Crippen molar-refractivity contribution in [1.82, 2.24) is 9.97 Å². The number of fused-ring (bicyclic) bond motifs is 1. The lowest BCUT2D eigenvalue weighted by molar-refractivity contribution is 0.0532. The molecule has 8 nitrogen and oxygen atoms in total. The lowest BCUT2D eigenvalue weighted by Crippen LogP contribution is -2.02. The Balaban J connectivity index is 2.01. The van der Waals surface area contributed by atoms with Crippen molar-refractivity contribution >= 4 is 56.9 Å². The van der Waals surface area contributed by atoms with E-state index >= 15 is 0 Å². The van der Waals surface area contributed by atoms with Gasteiger partial charge in [-0.15, -0.1) is 11.3 Å². The summed E-state index contributed by atoms with van der Waals surface area (Å²) in [6, 6.07) is 6.88. The minimum Gasteiger partial charge on any atom is -0.462 e. The molecule has 0 atom stereocenters. The Morgan fingerprint density at radius 2 is 2.16 bits per heavy atom. The average Bonchev–Trinajstić information content (AvgIpc) is 2.99. The summed E-state index contributed by atoms with van der Waals surface area (Å²) in [5.74, 6) is 0.155. The summed E-state index contributed by atoms with van der Waals surface area (Å²) in [5, 5.41) is 11.1. The smallest absolute Gasteiger partial charge is 0.348 e. The van der Waals surface area contributed by atoms with Crippen molar-refractivity contribution in [1.29, 1.82) is 5.41 Å². The fraction of sp³-hybridized carbons (Fsp3) is 0.125. The first-order valence-corrected chi connectivity index (χ1v) is 8.24. The number of nitrogen functional groups attached to an aromatic ring is 2. The second-order valence-electron chi connectivity index (χ2n) is 5.09. The molecule has 25 heavy (non-hydrogen) atoms. The van der Waals surface area contributed by atoms with Crippen LogP contribution in [-0.4, -0.2) is 28.8 Å². The summed E-state index contributed by atoms with van der Waals surface area (Å²) in [5.41, 5.74) is 13.4. The number of carbonyl (C=O) groups excluding carboxylic acids is 1. The van der Waals surface area contributed by atoms with Gasteiger partial charge in [-0.25, -0.2) is 9.78 Å². The molecule has 2 heterocycles. The number of nitrogens with zero attached hydrogens (tertiary/aromatic N) is 2. The molecule has 0 saturated heterocycles. The summed E-state index contributed by atoms with van der Waals surface area (Å²) in [7, 11) is 0. The van der Waals surface area contributed by atoms with Gasteiger partial charge in [0.1, 0.15) is 15.5 Å². The first-order chi connectivity index (χ1) is 12.0. The third-order valence-electron chi connectivity index (χ3n) is 3.39. The van der Waals surface area contributed by atoms with E-state index < -0.39 is 5.97 Å². The zero-order valence-corrected chi connectivity index (χ0v) is 14.2. The lowest BCUT2D eigenvalue weighted by atomic mass is 10.2. The van der Waals surface area contributed by atoms with Crippen LogP contribution in [0.1, 0.15) is 22.2 Å². The number of thiophene rings is 1. The van der Waals surface area contributed by atoms with Gasteiger partial charge in [-0.1, -0.05) is 0 Å². The van der Waals surface area contributed by atoms with Crippen molar-refractivity contribution in [2.75, 3.05) is 23.4 Å². The predicted octanol–water partition coefficient (Wildman–Crippen LogP) is 2.77. The average molecular weight is 356 g/mol. The largest absolute Gasteiger partial charge is 0.462 e. The fourth-order valence-electron chi connectivity index (χ4n) is 2.26. The SMILES string of the molecule is CCOC(=O)c1cc2c(Nc3ccc(C=N)c(N)c3)nc(N)nc2s1. The van der Waals surface area contributed by atoms with Crippen LogP contribution in [0.25, 0.3) is 10.2 Å². The number of esters is 1. The molecule has 9 heteroatoms. The second-order valence-corrected chi connectivity index (χ2v) is 6.12. The summed E-state index contributed by atoms with van der Waals surface area (Å²) < 4.78 is 5.02. The molecule has 0 aliphatic rings. The standard InChI is InChI=1S/C16H16N6O2S/c1-2-24-15(23)12-6-10-13(21-16(19)22-14(10)25-12)20-9-4-3-8(7-17)11(18)5-9/h3-7,17H,2,18H2,1H3,(H3,19,20,21,22). The number of aromatic nitrogens is 2. The normalized spacial score (nSPS) is 10.6. The van der Waals surface area contributed by atoms with Crippen LogP contribution in [0.3, 0.4) is 0 Å². The van der Waals surface area contributed by atoms with Crippen LogP contribution >= 0.6 is 11.3 Å². The van der Waals surface area contributed by atoms with Gasteiger partial charge in [0.25, 0.3) is 0 Å². The quantitative estimate of drug-likeness (QED) is 0.313. The molecule has 0 radical (unpaired) electrons. The highest BCUT2D eigenvalue weighted by atomic mass is 32.1. The minimum absolute atomic E-state index is 0.0938. The van der Waals surface area contributed by atoms with E-state index in [2.05, 4.69) is 15.3 Å². The van der Waals surface area contributed by atoms with Gasteiger partial charge in [0, 0.05) is 23.2 Å². The van der Waals surface area contributed by atoms with Gasteiger partial charge in [0.05, 0.1) is 12.0 Å². The summed E-state index contributed by atoms with van der Waals surface area (Å²) in [4.78, 5) is 21.3. The third kappa shape index (κ3) is 3.36. The maximum Gasteiger partial charge on any atom is 0.348 e. The molecular weight excluding hydrogens is 340 g/mol. The molecule has 1 aromatic carbocycles. The van der Waals surface area contributed by atoms with Gasteiger partial charge in [0.15, 0.2) is 0 Å². The molecule has 3 rings (SSSR count). The number of carbonyl (C=O) groups is 1. The third-order valence-corrected chi connectivity index (χ3v) is 4.40.